The first-order chi connectivity index (χ1) is 14.0. The van der Waals surface area contributed by atoms with Crippen molar-refractivity contribution >= 4 is 36.3 Å². The highest BCUT2D eigenvalue weighted by Gasteiger charge is 2.30. The minimum atomic E-state index is -4.51. The minimum Gasteiger partial charge on any atom is -0.255 e. The van der Waals surface area contributed by atoms with Crippen LogP contribution in [0, 0.1) is 0 Å². The molecule has 0 bridgehead atoms. The van der Waals surface area contributed by atoms with Crippen molar-refractivity contribution in [1.29, 1.82) is 0 Å². The number of benzene rings is 2. The molecular weight excluding hydrogens is 461 g/mol. The summed E-state index contributed by atoms with van der Waals surface area (Å²) in [7, 11) is -7.75. The van der Waals surface area contributed by atoms with Gasteiger partial charge >= 0.3 is 6.18 Å². The number of rotatable bonds is 7. The number of anilines is 1. The Bertz CT molecular complexity index is 1220. The van der Waals surface area contributed by atoms with Gasteiger partial charge in [-0.05, 0) is 42.3 Å². The lowest BCUT2D eigenvalue weighted by atomic mass is 10.1. The average molecular weight is 477 g/mol. The van der Waals surface area contributed by atoms with Crippen LogP contribution in [0.4, 0.5) is 18.3 Å². The van der Waals surface area contributed by atoms with Crippen molar-refractivity contribution in [3.8, 4) is 0 Å². The predicted octanol–water partition coefficient (Wildman–Crippen LogP) is 3.98. The van der Waals surface area contributed by atoms with Gasteiger partial charge < -0.3 is 0 Å². The van der Waals surface area contributed by atoms with Crippen molar-refractivity contribution in [2.24, 2.45) is 0 Å². The van der Waals surface area contributed by atoms with Gasteiger partial charge in [-0.25, -0.2) is 21.8 Å². The summed E-state index contributed by atoms with van der Waals surface area (Å²) in [5.41, 5.74) is -0.611. The molecule has 2 aromatic carbocycles. The standard InChI is InChI=1S/C18H15F3N2O4S3/c19-18(20,21)14-3-1-2-13(12-14)8-11-29(24,25)15-4-6-16(7-5-15)30(26,27)23-17-22-9-10-28-17/h1-7,9-10,12H,8,11H2,(H,22,23). The van der Waals surface area contributed by atoms with Crippen LogP contribution in [0.25, 0.3) is 0 Å². The minimum absolute atomic E-state index is 0.113. The normalized spacial score (nSPS) is 12.6. The van der Waals surface area contributed by atoms with Crippen LogP contribution in [0.15, 0.2) is 69.9 Å². The van der Waals surface area contributed by atoms with Gasteiger partial charge in [0.2, 0.25) is 0 Å². The Kier molecular flexibility index (Phi) is 6.20. The molecule has 0 unspecified atom stereocenters. The van der Waals surface area contributed by atoms with Gasteiger partial charge in [-0.15, -0.1) is 11.3 Å². The van der Waals surface area contributed by atoms with E-state index in [1.54, 1.807) is 5.38 Å². The molecule has 0 aliphatic rings. The molecule has 0 saturated carbocycles. The second kappa shape index (κ2) is 8.36. The zero-order valence-corrected chi connectivity index (χ0v) is 17.6. The Balaban J connectivity index is 1.72. The molecule has 30 heavy (non-hydrogen) atoms. The fourth-order valence-electron chi connectivity index (χ4n) is 2.55. The number of halogens is 3. The van der Waals surface area contributed by atoms with Crippen LogP contribution in [-0.4, -0.2) is 27.6 Å². The number of nitrogens with one attached hydrogen (secondary N) is 1. The molecule has 3 rings (SSSR count). The highest BCUT2D eigenvalue weighted by atomic mass is 32.2. The lowest BCUT2D eigenvalue weighted by Gasteiger charge is -2.10. The van der Waals surface area contributed by atoms with Crippen LogP contribution in [0.1, 0.15) is 11.1 Å². The summed E-state index contributed by atoms with van der Waals surface area (Å²) in [5.74, 6) is -0.419. The SMILES string of the molecule is O=S(=O)(CCc1cccc(C(F)(F)F)c1)c1ccc(S(=O)(=O)Nc2nccs2)cc1. The molecule has 1 N–H and O–H groups in total. The summed E-state index contributed by atoms with van der Waals surface area (Å²) in [6.45, 7) is 0. The molecule has 0 amide bonds. The fraction of sp³-hybridized carbons (Fsp3) is 0.167. The maximum absolute atomic E-state index is 12.8. The number of sulfone groups is 1. The Morgan fingerprint density at radius 3 is 2.23 bits per heavy atom. The third kappa shape index (κ3) is 5.37. The van der Waals surface area contributed by atoms with E-state index >= 15 is 0 Å². The number of nitrogens with zero attached hydrogens (tertiary/aromatic N) is 1. The number of hydrogen-bond acceptors (Lipinski definition) is 6. The monoisotopic (exact) mass is 476 g/mol. The van der Waals surface area contributed by atoms with Gasteiger partial charge in [0.25, 0.3) is 10.0 Å². The number of aryl methyl sites for hydroxylation is 1. The van der Waals surface area contributed by atoms with E-state index < -0.39 is 37.4 Å². The molecule has 0 spiro atoms. The highest BCUT2D eigenvalue weighted by molar-refractivity contribution is 7.93. The van der Waals surface area contributed by atoms with Crippen molar-refractivity contribution in [3.05, 3.63) is 71.2 Å². The molecule has 3 aromatic rings. The molecule has 0 fully saturated rings. The van der Waals surface area contributed by atoms with Gasteiger partial charge in [0.1, 0.15) is 0 Å². The van der Waals surface area contributed by atoms with Gasteiger partial charge in [0.15, 0.2) is 15.0 Å². The largest absolute Gasteiger partial charge is 0.416 e. The van der Waals surface area contributed by atoms with Crippen molar-refractivity contribution in [2.75, 3.05) is 10.5 Å². The van der Waals surface area contributed by atoms with Crippen molar-refractivity contribution < 1.29 is 30.0 Å². The maximum Gasteiger partial charge on any atom is 0.416 e. The molecule has 0 aliphatic carbocycles. The van der Waals surface area contributed by atoms with Gasteiger partial charge in [0, 0.05) is 11.6 Å². The van der Waals surface area contributed by atoms with E-state index in [1.165, 1.54) is 18.3 Å². The molecule has 0 radical (unpaired) electrons. The Morgan fingerprint density at radius 2 is 1.63 bits per heavy atom. The van der Waals surface area contributed by atoms with E-state index in [1.807, 2.05) is 0 Å². The van der Waals surface area contributed by atoms with Crippen molar-refractivity contribution in [3.63, 3.8) is 0 Å². The van der Waals surface area contributed by atoms with E-state index in [0.717, 1.165) is 47.7 Å². The topological polar surface area (TPSA) is 93.2 Å². The number of sulfonamides is 1. The maximum atomic E-state index is 12.8. The van der Waals surface area contributed by atoms with Crippen LogP contribution in [-0.2, 0) is 32.5 Å². The van der Waals surface area contributed by atoms with Gasteiger partial charge in [-0.1, -0.05) is 18.2 Å². The first-order valence-corrected chi connectivity index (χ1v) is 12.4. The number of hydrogen-bond donors (Lipinski definition) is 1. The first-order valence-electron chi connectivity index (χ1n) is 8.39. The van der Waals surface area contributed by atoms with Crippen LogP contribution >= 0.6 is 11.3 Å². The zero-order chi connectivity index (χ0) is 22.0. The summed E-state index contributed by atoms with van der Waals surface area (Å²) >= 11 is 1.09. The molecule has 1 aromatic heterocycles. The van der Waals surface area contributed by atoms with E-state index in [2.05, 4.69) is 9.71 Å². The number of aromatic nitrogens is 1. The Hall–Kier alpha value is -2.44. The van der Waals surface area contributed by atoms with Crippen LogP contribution in [0.5, 0.6) is 0 Å². The van der Waals surface area contributed by atoms with Gasteiger partial charge in [-0.3, -0.25) is 4.72 Å². The lowest BCUT2D eigenvalue weighted by Crippen LogP contribution is -2.14. The van der Waals surface area contributed by atoms with E-state index in [4.69, 9.17) is 0 Å². The molecule has 160 valence electrons. The predicted molar refractivity (Wildman–Crippen MR) is 107 cm³/mol. The average Bonchev–Trinajstić information content (AvgIpc) is 3.18. The molecule has 1 heterocycles. The number of alkyl halides is 3. The molecule has 0 atom stereocenters. The van der Waals surface area contributed by atoms with Gasteiger partial charge in [0.05, 0.1) is 21.1 Å². The molecule has 0 aliphatic heterocycles. The van der Waals surface area contributed by atoms with Crippen LogP contribution < -0.4 is 4.72 Å². The molecule has 12 heteroatoms. The van der Waals surface area contributed by atoms with Crippen molar-refractivity contribution in [1.82, 2.24) is 4.98 Å². The van der Waals surface area contributed by atoms with E-state index in [-0.39, 0.29) is 26.9 Å². The van der Waals surface area contributed by atoms with Gasteiger partial charge in [-0.2, -0.15) is 13.2 Å². The third-order valence-corrected chi connectivity index (χ3v) is 7.97. The van der Waals surface area contributed by atoms with E-state index in [0.29, 0.717) is 0 Å². The Morgan fingerprint density at radius 1 is 0.967 bits per heavy atom. The second-order valence-corrected chi connectivity index (χ2v) is 10.9. The first kappa shape index (κ1) is 22.2. The molecule has 6 nitrogen and oxygen atoms in total. The summed E-state index contributed by atoms with van der Waals surface area (Å²) < 4.78 is 90.2. The number of thiazole rings is 1. The van der Waals surface area contributed by atoms with Crippen LogP contribution in [0.3, 0.4) is 0 Å². The summed E-state index contributed by atoms with van der Waals surface area (Å²) in [6.07, 6.45) is -3.19. The second-order valence-electron chi connectivity index (χ2n) is 6.18. The summed E-state index contributed by atoms with van der Waals surface area (Å²) in [6, 6.07) is 9.06. The summed E-state index contributed by atoms with van der Waals surface area (Å²) in [4.78, 5) is 3.55. The Labute approximate surface area is 175 Å². The summed E-state index contributed by atoms with van der Waals surface area (Å²) in [5, 5.41) is 1.77. The van der Waals surface area contributed by atoms with Crippen molar-refractivity contribution in [2.45, 2.75) is 22.4 Å². The smallest absolute Gasteiger partial charge is 0.255 e. The zero-order valence-electron chi connectivity index (χ0n) is 15.1. The van der Waals surface area contributed by atoms with E-state index in [9.17, 15) is 30.0 Å². The fourth-order valence-corrected chi connectivity index (χ4v) is 5.63. The van der Waals surface area contributed by atoms with Crippen LogP contribution in [0.2, 0.25) is 0 Å². The molecule has 0 saturated heterocycles. The third-order valence-electron chi connectivity index (χ3n) is 4.06. The molecular formula is C18H15F3N2O4S3. The lowest BCUT2D eigenvalue weighted by molar-refractivity contribution is -0.137. The quantitative estimate of drug-likeness (QED) is 0.557. The highest BCUT2D eigenvalue weighted by Crippen LogP contribution is 2.30.